The van der Waals surface area contributed by atoms with E-state index in [0.29, 0.717) is 5.69 Å². The highest BCUT2D eigenvalue weighted by Gasteiger charge is 2.11. The Hall–Kier alpha value is -2.01. The molecule has 1 N–H and O–H groups in total. The zero-order chi connectivity index (χ0) is 13.1. The van der Waals surface area contributed by atoms with Gasteiger partial charge in [-0.25, -0.2) is 9.97 Å². The molecule has 0 spiro atoms. The van der Waals surface area contributed by atoms with Crippen molar-refractivity contribution in [2.24, 2.45) is 0 Å². The van der Waals surface area contributed by atoms with E-state index < -0.39 is 11.9 Å². The van der Waals surface area contributed by atoms with Gasteiger partial charge in [-0.1, -0.05) is 11.6 Å². The van der Waals surface area contributed by atoms with Gasteiger partial charge in [-0.2, -0.15) is 4.39 Å². The van der Waals surface area contributed by atoms with Crippen molar-refractivity contribution in [1.29, 1.82) is 0 Å². The molecule has 1 amide bonds. The Morgan fingerprint density at radius 1 is 1.33 bits per heavy atom. The van der Waals surface area contributed by atoms with E-state index in [1.54, 1.807) is 19.2 Å². The van der Waals surface area contributed by atoms with E-state index >= 15 is 0 Å². The van der Waals surface area contributed by atoms with E-state index in [4.69, 9.17) is 11.6 Å². The number of anilines is 1. The van der Waals surface area contributed by atoms with Crippen LogP contribution in [0, 0.1) is 12.9 Å². The Balaban J connectivity index is 2.27. The van der Waals surface area contributed by atoms with Crippen LogP contribution in [0.4, 0.5) is 10.1 Å². The number of halogens is 2. The first kappa shape index (κ1) is 12.4. The fourth-order valence-electron chi connectivity index (χ4n) is 1.40. The molecule has 2 rings (SSSR count). The number of carbonyl (C=O) groups is 1. The first-order chi connectivity index (χ1) is 8.58. The molecular weight excluding hydrogens is 257 g/mol. The third-order valence-electron chi connectivity index (χ3n) is 2.34. The standard InChI is InChI=1S/C12H9ClFN3O/c1-7-2-4-16-11(13)10(7)17-12(18)8-3-5-15-9(14)6-8/h2-6H,1H3,(H,17,18). The minimum Gasteiger partial charge on any atom is -0.319 e. The highest BCUT2D eigenvalue weighted by Crippen LogP contribution is 2.23. The van der Waals surface area contributed by atoms with Crippen molar-refractivity contribution in [3.63, 3.8) is 0 Å². The summed E-state index contributed by atoms with van der Waals surface area (Å²) in [5.41, 5.74) is 1.36. The minimum absolute atomic E-state index is 0.168. The van der Waals surface area contributed by atoms with E-state index in [2.05, 4.69) is 15.3 Å². The molecule has 0 saturated carbocycles. The van der Waals surface area contributed by atoms with Crippen molar-refractivity contribution in [1.82, 2.24) is 9.97 Å². The summed E-state index contributed by atoms with van der Waals surface area (Å²) in [7, 11) is 0. The first-order valence-corrected chi connectivity index (χ1v) is 5.50. The van der Waals surface area contributed by atoms with Crippen molar-refractivity contribution in [2.45, 2.75) is 6.92 Å². The molecule has 0 aromatic carbocycles. The molecular formula is C12H9ClFN3O. The Kier molecular flexibility index (Phi) is 3.53. The number of aryl methyl sites for hydroxylation is 1. The third-order valence-corrected chi connectivity index (χ3v) is 2.63. The van der Waals surface area contributed by atoms with Gasteiger partial charge in [0.2, 0.25) is 5.95 Å². The number of rotatable bonds is 2. The number of amides is 1. The van der Waals surface area contributed by atoms with E-state index in [0.717, 1.165) is 11.6 Å². The van der Waals surface area contributed by atoms with Gasteiger partial charge in [-0.3, -0.25) is 4.79 Å². The Bertz CT molecular complexity index is 583. The van der Waals surface area contributed by atoms with Crippen LogP contribution >= 0.6 is 11.6 Å². The van der Waals surface area contributed by atoms with E-state index in [-0.39, 0.29) is 10.7 Å². The maximum atomic E-state index is 12.9. The van der Waals surface area contributed by atoms with Gasteiger partial charge in [0.25, 0.3) is 5.91 Å². The van der Waals surface area contributed by atoms with Gasteiger partial charge in [0, 0.05) is 24.0 Å². The minimum atomic E-state index is -0.711. The molecule has 0 bridgehead atoms. The molecule has 6 heteroatoms. The Morgan fingerprint density at radius 2 is 2.06 bits per heavy atom. The molecule has 18 heavy (non-hydrogen) atoms. The molecule has 0 atom stereocenters. The second kappa shape index (κ2) is 5.10. The summed E-state index contributed by atoms with van der Waals surface area (Å²) in [5, 5.41) is 2.79. The predicted octanol–water partition coefficient (Wildman–Crippen LogP) is 2.83. The van der Waals surface area contributed by atoms with Gasteiger partial charge < -0.3 is 5.32 Å². The summed E-state index contributed by atoms with van der Waals surface area (Å²) in [4.78, 5) is 19.1. The van der Waals surface area contributed by atoms with Crippen LogP contribution < -0.4 is 5.32 Å². The number of hydrogen-bond donors (Lipinski definition) is 1. The average Bonchev–Trinajstić information content (AvgIpc) is 2.34. The summed E-state index contributed by atoms with van der Waals surface area (Å²) in [6, 6.07) is 4.18. The summed E-state index contributed by atoms with van der Waals surface area (Å²) < 4.78 is 12.9. The molecule has 0 fully saturated rings. The Labute approximate surface area is 108 Å². The number of carbonyl (C=O) groups excluding carboxylic acids is 1. The highest BCUT2D eigenvalue weighted by atomic mass is 35.5. The van der Waals surface area contributed by atoms with Crippen molar-refractivity contribution >= 4 is 23.2 Å². The monoisotopic (exact) mass is 265 g/mol. The topological polar surface area (TPSA) is 54.9 Å². The number of pyridine rings is 2. The van der Waals surface area contributed by atoms with Crippen LogP contribution in [0.2, 0.25) is 5.15 Å². The number of nitrogens with one attached hydrogen (secondary N) is 1. The number of aromatic nitrogens is 2. The van der Waals surface area contributed by atoms with Gasteiger partial charge in [-0.05, 0) is 24.6 Å². The summed E-state index contributed by atoms with van der Waals surface area (Å²) in [6.45, 7) is 1.79. The molecule has 0 aliphatic carbocycles. The summed E-state index contributed by atoms with van der Waals surface area (Å²) in [6.07, 6.45) is 2.77. The van der Waals surface area contributed by atoms with E-state index in [1.165, 1.54) is 12.3 Å². The zero-order valence-corrected chi connectivity index (χ0v) is 10.2. The zero-order valence-electron chi connectivity index (χ0n) is 9.45. The maximum absolute atomic E-state index is 12.9. The molecule has 0 unspecified atom stereocenters. The molecule has 0 saturated heterocycles. The van der Waals surface area contributed by atoms with Crippen LogP contribution in [0.15, 0.2) is 30.6 Å². The lowest BCUT2D eigenvalue weighted by Gasteiger charge is -2.09. The Morgan fingerprint density at radius 3 is 2.72 bits per heavy atom. The maximum Gasteiger partial charge on any atom is 0.255 e. The van der Waals surface area contributed by atoms with Crippen LogP contribution in [0.1, 0.15) is 15.9 Å². The molecule has 2 aromatic rings. The summed E-state index contributed by atoms with van der Waals surface area (Å²) >= 11 is 5.88. The van der Waals surface area contributed by atoms with Crippen LogP contribution in [-0.4, -0.2) is 15.9 Å². The molecule has 2 heterocycles. The molecule has 2 aromatic heterocycles. The average molecular weight is 266 g/mol. The number of nitrogens with zero attached hydrogens (tertiary/aromatic N) is 2. The van der Waals surface area contributed by atoms with Gasteiger partial charge in [0.1, 0.15) is 0 Å². The lowest BCUT2D eigenvalue weighted by Crippen LogP contribution is -2.14. The van der Waals surface area contributed by atoms with Crippen LogP contribution in [0.5, 0.6) is 0 Å². The third kappa shape index (κ3) is 2.62. The predicted molar refractivity (Wildman–Crippen MR) is 66.1 cm³/mol. The lowest BCUT2D eigenvalue weighted by atomic mass is 10.2. The van der Waals surface area contributed by atoms with Gasteiger partial charge >= 0.3 is 0 Å². The quantitative estimate of drug-likeness (QED) is 0.850. The molecule has 0 aliphatic rings. The van der Waals surface area contributed by atoms with E-state index in [1.807, 2.05) is 0 Å². The second-order valence-corrected chi connectivity index (χ2v) is 3.97. The fourth-order valence-corrected chi connectivity index (χ4v) is 1.66. The smallest absolute Gasteiger partial charge is 0.255 e. The molecule has 0 aliphatic heterocycles. The van der Waals surface area contributed by atoms with E-state index in [9.17, 15) is 9.18 Å². The largest absolute Gasteiger partial charge is 0.319 e. The normalized spacial score (nSPS) is 10.2. The molecule has 0 radical (unpaired) electrons. The van der Waals surface area contributed by atoms with Crippen LogP contribution in [0.3, 0.4) is 0 Å². The van der Waals surface area contributed by atoms with Crippen LogP contribution in [-0.2, 0) is 0 Å². The van der Waals surface area contributed by atoms with Gasteiger partial charge in [0.05, 0.1) is 5.69 Å². The molecule has 92 valence electrons. The lowest BCUT2D eigenvalue weighted by molar-refractivity contribution is 0.102. The van der Waals surface area contributed by atoms with Crippen molar-refractivity contribution in [3.05, 3.63) is 52.8 Å². The highest BCUT2D eigenvalue weighted by molar-refractivity contribution is 6.32. The van der Waals surface area contributed by atoms with Crippen molar-refractivity contribution in [2.75, 3.05) is 5.32 Å². The van der Waals surface area contributed by atoms with Gasteiger partial charge in [-0.15, -0.1) is 0 Å². The summed E-state index contributed by atoms with van der Waals surface area (Å²) in [5.74, 6) is -1.18. The second-order valence-electron chi connectivity index (χ2n) is 3.62. The number of hydrogen-bond acceptors (Lipinski definition) is 3. The SMILES string of the molecule is Cc1ccnc(Cl)c1NC(=O)c1ccnc(F)c1. The van der Waals surface area contributed by atoms with Crippen LogP contribution in [0.25, 0.3) is 0 Å². The molecule has 4 nitrogen and oxygen atoms in total. The van der Waals surface area contributed by atoms with Crippen molar-refractivity contribution in [3.8, 4) is 0 Å². The first-order valence-electron chi connectivity index (χ1n) is 5.12. The van der Waals surface area contributed by atoms with Crippen molar-refractivity contribution < 1.29 is 9.18 Å². The fraction of sp³-hybridized carbons (Fsp3) is 0.0833. The van der Waals surface area contributed by atoms with Gasteiger partial charge in [0.15, 0.2) is 5.15 Å².